The number of aromatic nitrogens is 2. The van der Waals surface area contributed by atoms with Crippen molar-refractivity contribution in [3.8, 4) is 0 Å². The average molecular weight is 335 g/mol. The molecule has 0 spiro atoms. The van der Waals surface area contributed by atoms with Crippen LogP contribution in [0.15, 0.2) is 46.9 Å². The fourth-order valence-corrected chi connectivity index (χ4v) is 3.34. The fourth-order valence-electron chi connectivity index (χ4n) is 1.99. The van der Waals surface area contributed by atoms with Gasteiger partial charge in [0.05, 0.1) is 17.1 Å². The maximum absolute atomic E-state index is 12.0. The van der Waals surface area contributed by atoms with Crippen LogP contribution in [0.3, 0.4) is 0 Å². The Hall–Kier alpha value is -2.19. The lowest BCUT2D eigenvalue weighted by Crippen LogP contribution is -2.22. The van der Waals surface area contributed by atoms with Crippen LogP contribution in [0.25, 0.3) is 4.96 Å². The van der Waals surface area contributed by atoms with Gasteiger partial charge < -0.3 is 5.32 Å². The number of rotatable bonds is 4. The lowest BCUT2D eigenvalue weighted by molar-refractivity contribution is 0.0950. The van der Waals surface area contributed by atoms with E-state index in [1.54, 1.807) is 0 Å². The first-order valence-electron chi connectivity index (χ1n) is 6.43. The van der Waals surface area contributed by atoms with Crippen LogP contribution in [0.2, 0.25) is 0 Å². The van der Waals surface area contributed by atoms with Gasteiger partial charge >= 0.3 is 0 Å². The molecule has 6 nitrogen and oxygen atoms in total. The van der Waals surface area contributed by atoms with Gasteiger partial charge in [-0.2, -0.15) is 0 Å². The zero-order valence-electron chi connectivity index (χ0n) is 11.7. The molecule has 1 aromatic carbocycles. The van der Waals surface area contributed by atoms with Crippen LogP contribution in [-0.2, 0) is 16.4 Å². The molecule has 0 atom stereocenters. The molecule has 2 heterocycles. The molecule has 8 heteroatoms. The molecule has 0 saturated carbocycles. The topological polar surface area (TPSA) is 80.5 Å². The van der Waals surface area contributed by atoms with Gasteiger partial charge in [-0.3, -0.25) is 9.20 Å². The van der Waals surface area contributed by atoms with Gasteiger partial charge in [0, 0.05) is 29.6 Å². The summed E-state index contributed by atoms with van der Waals surface area (Å²) in [4.78, 5) is 17.5. The molecule has 0 aliphatic rings. The second-order valence-corrected chi connectivity index (χ2v) is 7.69. The van der Waals surface area contributed by atoms with Crippen molar-refractivity contribution >= 4 is 32.0 Å². The van der Waals surface area contributed by atoms with Gasteiger partial charge in [0.25, 0.3) is 5.91 Å². The molecule has 1 amide bonds. The van der Waals surface area contributed by atoms with Gasteiger partial charge in [-0.25, -0.2) is 13.4 Å². The maximum Gasteiger partial charge on any atom is 0.251 e. The number of carbonyl (C=O) groups excluding carboxylic acids is 1. The minimum atomic E-state index is -3.25. The van der Waals surface area contributed by atoms with E-state index in [0.29, 0.717) is 12.1 Å². The maximum atomic E-state index is 12.0. The summed E-state index contributed by atoms with van der Waals surface area (Å²) in [5.41, 5.74) is 1.18. The standard InChI is InChI=1S/C14H13N3O3S2/c1-22(19,20)12-4-2-10(3-5-12)13(18)15-8-11-9-17-6-7-21-14(17)16-11/h2-7,9H,8H2,1H3,(H,15,18). The number of fused-ring (bicyclic) bond motifs is 1. The van der Waals surface area contributed by atoms with Crippen molar-refractivity contribution in [2.24, 2.45) is 0 Å². The summed E-state index contributed by atoms with van der Waals surface area (Å²) in [5, 5.41) is 4.70. The average Bonchev–Trinajstić information content (AvgIpc) is 3.05. The van der Waals surface area contributed by atoms with E-state index in [-0.39, 0.29) is 10.8 Å². The van der Waals surface area contributed by atoms with Crippen LogP contribution < -0.4 is 5.32 Å². The van der Waals surface area contributed by atoms with Gasteiger partial charge in [-0.05, 0) is 24.3 Å². The number of imidazole rings is 1. The summed E-state index contributed by atoms with van der Waals surface area (Å²) in [6.07, 6.45) is 4.90. The molecule has 0 radical (unpaired) electrons. The first kappa shape index (κ1) is 14.7. The van der Waals surface area contributed by atoms with Crippen molar-refractivity contribution in [2.45, 2.75) is 11.4 Å². The lowest BCUT2D eigenvalue weighted by Gasteiger charge is -2.04. The van der Waals surface area contributed by atoms with Crippen LogP contribution in [0.1, 0.15) is 16.1 Å². The smallest absolute Gasteiger partial charge is 0.251 e. The molecule has 1 N–H and O–H groups in total. The Balaban J connectivity index is 1.67. The van der Waals surface area contributed by atoms with E-state index < -0.39 is 9.84 Å². The Labute approximate surface area is 131 Å². The molecule has 0 saturated heterocycles. The summed E-state index contributed by atoms with van der Waals surface area (Å²) in [5.74, 6) is -0.267. The second kappa shape index (κ2) is 5.54. The van der Waals surface area contributed by atoms with Crippen molar-refractivity contribution in [3.63, 3.8) is 0 Å². The number of hydrogen-bond acceptors (Lipinski definition) is 5. The highest BCUT2D eigenvalue weighted by atomic mass is 32.2. The van der Waals surface area contributed by atoms with Crippen LogP contribution in [0.4, 0.5) is 0 Å². The fraction of sp³-hybridized carbons (Fsp3) is 0.143. The Morgan fingerprint density at radius 3 is 2.68 bits per heavy atom. The molecular weight excluding hydrogens is 322 g/mol. The van der Waals surface area contributed by atoms with E-state index in [9.17, 15) is 13.2 Å². The quantitative estimate of drug-likeness (QED) is 0.787. The van der Waals surface area contributed by atoms with Gasteiger partial charge in [0.2, 0.25) is 0 Å². The molecule has 2 aromatic heterocycles. The van der Waals surface area contributed by atoms with Gasteiger partial charge in [0.15, 0.2) is 14.8 Å². The highest BCUT2D eigenvalue weighted by Crippen LogP contribution is 2.12. The SMILES string of the molecule is CS(=O)(=O)c1ccc(C(=O)NCc2cn3ccsc3n2)cc1. The number of benzene rings is 1. The molecule has 0 aliphatic carbocycles. The highest BCUT2D eigenvalue weighted by Gasteiger charge is 2.10. The van der Waals surface area contributed by atoms with Crippen LogP contribution in [0.5, 0.6) is 0 Å². The summed E-state index contributed by atoms with van der Waals surface area (Å²) >= 11 is 1.52. The number of nitrogens with zero attached hydrogens (tertiary/aromatic N) is 2. The minimum absolute atomic E-state index is 0.193. The molecule has 114 valence electrons. The number of carbonyl (C=O) groups is 1. The predicted molar refractivity (Wildman–Crippen MR) is 83.8 cm³/mol. The summed E-state index contributed by atoms with van der Waals surface area (Å²) < 4.78 is 24.6. The van der Waals surface area contributed by atoms with E-state index in [0.717, 1.165) is 16.9 Å². The van der Waals surface area contributed by atoms with Crippen molar-refractivity contribution in [1.29, 1.82) is 0 Å². The molecule has 0 fully saturated rings. The zero-order chi connectivity index (χ0) is 15.7. The van der Waals surface area contributed by atoms with E-state index in [1.807, 2.05) is 22.2 Å². The molecule has 3 rings (SSSR count). The second-order valence-electron chi connectivity index (χ2n) is 4.80. The van der Waals surface area contributed by atoms with Crippen molar-refractivity contribution in [1.82, 2.24) is 14.7 Å². The minimum Gasteiger partial charge on any atom is -0.346 e. The first-order chi connectivity index (χ1) is 10.4. The molecule has 0 bridgehead atoms. The number of thiazole rings is 1. The molecule has 0 unspecified atom stereocenters. The van der Waals surface area contributed by atoms with E-state index in [2.05, 4.69) is 10.3 Å². The number of amides is 1. The zero-order valence-corrected chi connectivity index (χ0v) is 13.3. The Kier molecular flexibility index (Phi) is 3.71. The third-order valence-electron chi connectivity index (χ3n) is 3.12. The van der Waals surface area contributed by atoms with Gasteiger partial charge in [0.1, 0.15) is 0 Å². The Morgan fingerprint density at radius 2 is 2.05 bits per heavy atom. The van der Waals surface area contributed by atoms with Crippen molar-refractivity contribution in [2.75, 3.05) is 6.26 Å². The summed E-state index contributed by atoms with van der Waals surface area (Å²) in [7, 11) is -3.25. The predicted octanol–water partition coefficient (Wildman–Crippen LogP) is 1.73. The van der Waals surface area contributed by atoms with Crippen LogP contribution in [0, 0.1) is 0 Å². The third-order valence-corrected chi connectivity index (χ3v) is 5.02. The highest BCUT2D eigenvalue weighted by molar-refractivity contribution is 7.90. The van der Waals surface area contributed by atoms with Crippen LogP contribution >= 0.6 is 11.3 Å². The summed E-state index contributed by atoms with van der Waals surface area (Å²) in [6.45, 7) is 0.320. The van der Waals surface area contributed by atoms with Crippen LogP contribution in [-0.4, -0.2) is 30.0 Å². The lowest BCUT2D eigenvalue weighted by atomic mass is 10.2. The Morgan fingerprint density at radius 1 is 1.32 bits per heavy atom. The van der Waals surface area contributed by atoms with E-state index in [4.69, 9.17) is 0 Å². The van der Waals surface area contributed by atoms with Gasteiger partial charge in [-0.1, -0.05) is 0 Å². The summed E-state index contributed by atoms with van der Waals surface area (Å²) in [6, 6.07) is 5.85. The Bertz CT molecular complexity index is 895. The van der Waals surface area contributed by atoms with Crippen molar-refractivity contribution in [3.05, 3.63) is 53.3 Å². The normalized spacial score (nSPS) is 11.7. The molecular formula is C14H13N3O3S2. The first-order valence-corrected chi connectivity index (χ1v) is 9.20. The number of sulfone groups is 1. The van der Waals surface area contributed by atoms with E-state index >= 15 is 0 Å². The number of nitrogens with one attached hydrogen (secondary N) is 1. The van der Waals surface area contributed by atoms with Crippen molar-refractivity contribution < 1.29 is 13.2 Å². The van der Waals surface area contributed by atoms with Gasteiger partial charge in [-0.15, -0.1) is 11.3 Å². The van der Waals surface area contributed by atoms with E-state index in [1.165, 1.54) is 35.6 Å². The number of hydrogen-bond donors (Lipinski definition) is 1. The molecule has 0 aliphatic heterocycles. The third kappa shape index (κ3) is 3.02. The monoisotopic (exact) mass is 335 g/mol. The largest absolute Gasteiger partial charge is 0.346 e. The molecule has 22 heavy (non-hydrogen) atoms. The molecule has 3 aromatic rings.